The fourth-order valence-corrected chi connectivity index (χ4v) is 5.09. The average Bonchev–Trinajstić information content (AvgIpc) is 3.33. The molecule has 2 aliphatic heterocycles. The molecule has 0 N–H and O–H groups in total. The molecule has 1 aromatic heterocycles. The van der Waals surface area contributed by atoms with E-state index in [-0.39, 0.29) is 17.2 Å². The normalized spacial score (nSPS) is 21.1. The highest BCUT2D eigenvalue weighted by atomic mass is 32.2. The van der Waals surface area contributed by atoms with Gasteiger partial charge in [-0.05, 0) is 43.4 Å². The van der Waals surface area contributed by atoms with Gasteiger partial charge in [0.05, 0.1) is 12.0 Å². The first kappa shape index (κ1) is 18.2. The number of aryl methyl sites for hydroxylation is 1. The highest BCUT2D eigenvalue weighted by Crippen LogP contribution is 2.40. The summed E-state index contributed by atoms with van der Waals surface area (Å²) in [5.41, 5.74) is 2.42. The van der Waals surface area contributed by atoms with Gasteiger partial charge in [0.15, 0.2) is 5.76 Å². The summed E-state index contributed by atoms with van der Waals surface area (Å²) in [5.74, 6) is 1.57. The van der Waals surface area contributed by atoms with Crippen LogP contribution in [-0.4, -0.2) is 47.0 Å². The molecule has 0 spiro atoms. The summed E-state index contributed by atoms with van der Waals surface area (Å²) < 4.78 is 5.22. The second-order valence-corrected chi connectivity index (χ2v) is 8.41. The van der Waals surface area contributed by atoms with Crippen molar-refractivity contribution in [2.75, 3.05) is 25.4 Å². The Morgan fingerprint density at radius 2 is 2.04 bits per heavy atom. The molecule has 1 atom stereocenters. The van der Waals surface area contributed by atoms with Crippen LogP contribution in [0.15, 0.2) is 47.1 Å². The van der Waals surface area contributed by atoms with Gasteiger partial charge >= 0.3 is 0 Å². The molecule has 0 radical (unpaired) electrons. The zero-order valence-electron chi connectivity index (χ0n) is 15.5. The van der Waals surface area contributed by atoms with Crippen molar-refractivity contribution < 1.29 is 14.0 Å². The van der Waals surface area contributed by atoms with E-state index in [9.17, 15) is 9.59 Å². The van der Waals surface area contributed by atoms with Gasteiger partial charge in [0, 0.05) is 19.6 Å². The molecule has 2 aliphatic rings. The van der Waals surface area contributed by atoms with Gasteiger partial charge in [-0.15, -0.1) is 11.8 Å². The molecule has 0 saturated carbocycles. The molecule has 0 aliphatic carbocycles. The van der Waals surface area contributed by atoms with Crippen molar-refractivity contribution in [2.24, 2.45) is 5.92 Å². The van der Waals surface area contributed by atoms with E-state index in [1.54, 1.807) is 23.9 Å². The SMILES string of the molecule is Cc1cccc(C2SCC(=O)N2CC2CCN(C(=O)c3ccco3)CC2)c1. The molecule has 27 heavy (non-hydrogen) atoms. The van der Waals surface area contributed by atoms with Crippen LogP contribution < -0.4 is 0 Å². The number of nitrogens with zero attached hydrogens (tertiary/aromatic N) is 2. The largest absolute Gasteiger partial charge is 0.459 e. The predicted octanol–water partition coefficient (Wildman–Crippen LogP) is 3.71. The van der Waals surface area contributed by atoms with Gasteiger partial charge in [0.2, 0.25) is 5.91 Å². The Morgan fingerprint density at radius 3 is 2.74 bits per heavy atom. The molecular weight excluding hydrogens is 360 g/mol. The zero-order valence-corrected chi connectivity index (χ0v) is 16.3. The van der Waals surface area contributed by atoms with Crippen molar-refractivity contribution in [3.63, 3.8) is 0 Å². The Balaban J connectivity index is 1.37. The summed E-state index contributed by atoms with van der Waals surface area (Å²) in [6.45, 7) is 4.29. The molecular formula is C21H24N2O3S. The van der Waals surface area contributed by atoms with Gasteiger partial charge in [-0.1, -0.05) is 29.8 Å². The molecule has 1 unspecified atom stereocenters. The van der Waals surface area contributed by atoms with Gasteiger partial charge in [-0.3, -0.25) is 9.59 Å². The highest BCUT2D eigenvalue weighted by Gasteiger charge is 2.35. The van der Waals surface area contributed by atoms with Crippen molar-refractivity contribution >= 4 is 23.6 Å². The third kappa shape index (κ3) is 3.90. The van der Waals surface area contributed by atoms with E-state index in [2.05, 4.69) is 31.2 Å². The smallest absolute Gasteiger partial charge is 0.289 e. The quantitative estimate of drug-likeness (QED) is 0.806. The van der Waals surface area contributed by atoms with Gasteiger partial charge in [0.1, 0.15) is 5.37 Å². The molecule has 5 nitrogen and oxygen atoms in total. The number of rotatable bonds is 4. The minimum atomic E-state index is -0.0381. The fourth-order valence-electron chi connectivity index (χ4n) is 3.90. The van der Waals surface area contributed by atoms with E-state index in [0.717, 1.165) is 19.4 Å². The third-order valence-electron chi connectivity index (χ3n) is 5.38. The van der Waals surface area contributed by atoms with Crippen molar-refractivity contribution in [1.29, 1.82) is 0 Å². The number of carbonyl (C=O) groups excluding carboxylic acids is 2. The Bertz CT molecular complexity index is 813. The first-order valence-corrected chi connectivity index (χ1v) is 10.5. The average molecular weight is 385 g/mol. The Hall–Kier alpha value is -2.21. The molecule has 2 saturated heterocycles. The molecule has 3 heterocycles. The maximum absolute atomic E-state index is 12.5. The summed E-state index contributed by atoms with van der Waals surface area (Å²) >= 11 is 1.71. The van der Waals surface area contributed by atoms with Crippen LogP contribution >= 0.6 is 11.8 Å². The summed E-state index contributed by atoms with van der Waals surface area (Å²) in [6, 6.07) is 11.9. The van der Waals surface area contributed by atoms with Crippen molar-refractivity contribution in [1.82, 2.24) is 9.80 Å². The number of carbonyl (C=O) groups is 2. The van der Waals surface area contributed by atoms with E-state index in [4.69, 9.17) is 4.42 Å². The lowest BCUT2D eigenvalue weighted by atomic mass is 9.95. The fraction of sp³-hybridized carbons (Fsp3) is 0.429. The van der Waals surface area contributed by atoms with Crippen LogP contribution in [-0.2, 0) is 4.79 Å². The number of hydrogen-bond donors (Lipinski definition) is 0. The topological polar surface area (TPSA) is 53.8 Å². The first-order valence-electron chi connectivity index (χ1n) is 9.42. The number of benzene rings is 1. The Labute approximate surface area is 163 Å². The van der Waals surface area contributed by atoms with E-state index in [1.165, 1.54) is 17.4 Å². The molecule has 2 amide bonds. The van der Waals surface area contributed by atoms with E-state index in [1.807, 2.05) is 9.80 Å². The monoisotopic (exact) mass is 384 g/mol. The minimum Gasteiger partial charge on any atom is -0.459 e. The molecule has 6 heteroatoms. The molecule has 2 fully saturated rings. The van der Waals surface area contributed by atoms with Gasteiger partial charge < -0.3 is 14.2 Å². The Kier molecular flexibility index (Phi) is 5.25. The van der Waals surface area contributed by atoms with Crippen LogP contribution in [0.2, 0.25) is 0 Å². The second-order valence-electron chi connectivity index (χ2n) is 7.34. The Morgan fingerprint density at radius 1 is 1.22 bits per heavy atom. The number of piperidine rings is 1. The van der Waals surface area contributed by atoms with Crippen molar-refractivity contribution in [2.45, 2.75) is 25.1 Å². The number of likely N-dealkylation sites (tertiary alicyclic amines) is 1. The van der Waals surface area contributed by atoms with Crippen LogP contribution in [0.1, 0.15) is 39.9 Å². The molecule has 0 bridgehead atoms. The number of hydrogen-bond acceptors (Lipinski definition) is 4. The molecule has 142 valence electrons. The van der Waals surface area contributed by atoms with Crippen LogP contribution in [0.4, 0.5) is 0 Å². The van der Waals surface area contributed by atoms with Crippen LogP contribution in [0.3, 0.4) is 0 Å². The first-order chi connectivity index (χ1) is 13.1. The number of amides is 2. The van der Waals surface area contributed by atoms with Gasteiger partial charge in [-0.2, -0.15) is 0 Å². The lowest BCUT2D eigenvalue weighted by Crippen LogP contribution is -2.42. The maximum atomic E-state index is 12.5. The molecule has 1 aromatic carbocycles. The van der Waals surface area contributed by atoms with Gasteiger partial charge in [0.25, 0.3) is 5.91 Å². The summed E-state index contributed by atoms with van der Waals surface area (Å²) in [6.07, 6.45) is 3.37. The standard InChI is InChI=1S/C21H24N2O3S/c1-15-4-2-5-17(12-15)21-23(19(24)14-27-21)13-16-7-9-22(10-8-16)20(25)18-6-3-11-26-18/h2-6,11-12,16,21H,7-10,13-14H2,1H3. The summed E-state index contributed by atoms with van der Waals surface area (Å²) in [4.78, 5) is 28.8. The summed E-state index contributed by atoms with van der Waals surface area (Å²) in [5, 5.41) is 0.111. The number of thioether (sulfide) groups is 1. The second kappa shape index (κ2) is 7.80. The lowest BCUT2D eigenvalue weighted by Gasteiger charge is -2.35. The lowest BCUT2D eigenvalue weighted by molar-refractivity contribution is -0.128. The van der Waals surface area contributed by atoms with Gasteiger partial charge in [-0.25, -0.2) is 0 Å². The highest BCUT2D eigenvalue weighted by molar-refractivity contribution is 8.00. The summed E-state index contributed by atoms with van der Waals surface area (Å²) in [7, 11) is 0. The third-order valence-corrected chi connectivity index (χ3v) is 6.64. The zero-order chi connectivity index (χ0) is 18.8. The van der Waals surface area contributed by atoms with E-state index >= 15 is 0 Å². The van der Waals surface area contributed by atoms with E-state index in [0.29, 0.717) is 30.5 Å². The van der Waals surface area contributed by atoms with E-state index < -0.39 is 0 Å². The molecule has 2 aromatic rings. The van der Waals surface area contributed by atoms with Crippen LogP contribution in [0.5, 0.6) is 0 Å². The minimum absolute atomic E-state index is 0.0381. The predicted molar refractivity (Wildman–Crippen MR) is 105 cm³/mol. The molecule has 4 rings (SSSR count). The maximum Gasteiger partial charge on any atom is 0.289 e. The van der Waals surface area contributed by atoms with Crippen molar-refractivity contribution in [3.8, 4) is 0 Å². The van der Waals surface area contributed by atoms with Crippen LogP contribution in [0, 0.1) is 12.8 Å². The van der Waals surface area contributed by atoms with Crippen LogP contribution in [0.25, 0.3) is 0 Å². The van der Waals surface area contributed by atoms with Crippen molar-refractivity contribution in [3.05, 3.63) is 59.5 Å². The number of furan rings is 1.